The highest BCUT2D eigenvalue weighted by Gasteiger charge is 2.28. The SMILES string of the molecule is CCN(CC)CCNC(=O)Cn1nc(C(F)F)c(Cl)c1C(F)F. The molecule has 1 amide bonds. The van der Waals surface area contributed by atoms with Crippen molar-refractivity contribution in [1.29, 1.82) is 0 Å². The minimum Gasteiger partial charge on any atom is -0.353 e. The molecule has 0 radical (unpaired) electrons. The molecule has 5 nitrogen and oxygen atoms in total. The van der Waals surface area contributed by atoms with Crippen molar-refractivity contribution in [2.75, 3.05) is 26.2 Å². The highest BCUT2D eigenvalue weighted by molar-refractivity contribution is 6.32. The topological polar surface area (TPSA) is 50.2 Å². The molecule has 1 rings (SSSR count). The van der Waals surface area contributed by atoms with Crippen molar-refractivity contribution in [2.45, 2.75) is 33.2 Å². The van der Waals surface area contributed by atoms with E-state index in [0.29, 0.717) is 17.8 Å². The van der Waals surface area contributed by atoms with Gasteiger partial charge in [0.1, 0.15) is 17.9 Å². The molecule has 1 aromatic rings. The number of hydrogen-bond acceptors (Lipinski definition) is 3. The summed E-state index contributed by atoms with van der Waals surface area (Å²) in [7, 11) is 0. The molecule has 1 aromatic heterocycles. The van der Waals surface area contributed by atoms with Crippen LogP contribution in [0.15, 0.2) is 0 Å². The maximum Gasteiger partial charge on any atom is 0.283 e. The van der Waals surface area contributed by atoms with E-state index in [1.807, 2.05) is 13.8 Å². The van der Waals surface area contributed by atoms with Gasteiger partial charge in [0.25, 0.3) is 12.9 Å². The second-order valence-corrected chi connectivity index (χ2v) is 5.10. The van der Waals surface area contributed by atoms with Crippen LogP contribution in [0.1, 0.15) is 38.1 Å². The molecule has 0 bridgehead atoms. The van der Waals surface area contributed by atoms with E-state index in [0.717, 1.165) is 13.1 Å². The largest absolute Gasteiger partial charge is 0.353 e. The van der Waals surface area contributed by atoms with Crippen molar-refractivity contribution in [3.05, 3.63) is 16.4 Å². The lowest BCUT2D eigenvalue weighted by Gasteiger charge is -2.18. The third kappa shape index (κ3) is 5.35. The molecular formula is C13H19ClF4N4O. The van der Waals surface area contributed by atoms with Crippen molar-refractivity contribution in [3.63, 3.8) is 0 Å². The van der Waals surface area contributed by atoms with Gasteiger partial charge in [-0.05, 0) is 13.1 Å². The highest BCUT2D eigenvalue weighted by Crippen LogP contribution is 2.34. The van der Waals surface area contributed by atoms with Crippen LogP contribution in [0.5, 0.6) is 0 Å². The normalized spacial score (nSPS) is 11.7. The number of likely N-dealkylation sites (N-methyl/N-ethyl adjacent to an activating group) is 1. The van der Waals surface area contributed by atoms with Crippen LogP contribution in [0, 0.1) is 0 Å². The van der Waals surface area contributed by atoms with Gasteiger partial charge in [0.2, 0.25) is 5.91 Å². The van der Waals surface area contributed by atoms with Crippen LogP contribution in [-0.4, -0.2) is 46.8 Å². The summed E-state index contributed by atoms with van der Waals surface area (Å²) in [6.45, 7) is 5.90. The Morgan fingerprint density at radius 1 is 1.26 bits per heavy atom. The van der Waals surface area contributed by atoms with Gasteiger partial charge in [-0.25, -0.2) is 17.6 Å². The Bertz CT molecular complexity index is 520. The number of amides is 1. The third-order valence-electron chi connectivity index (χ3n) is 3.31. The number of nitrogens with zero attached hydrogens (tertiary/aromatic N) is 3. The number of aromatic nitrogens is 2. The van der Waals surface area contributed by atoms with Crippen molar-refractivity contribution in [1.82, 2.24) is 20.0 Å². The van der Waals surface area contributed by atoms with Gasteiger partial charge < -0.3 is 10.2 Å². The molecule has 0 spiro atoms. The molecule has 0 aliphatic rings. The fourth-order valence-corrected chi connectivity index (χ4v) is 2.33. The Hall–Kier alpha value is -1.35. The number of halogens is 5. The Kier molecular flexibility index (Phi) is 7.77. The van der Waals surface area contributed by atoms with Crippen LogP contribution in [0.25, 0.3) is 0 Å². The van der Waals surface area contributed by atoms with Gasteiger partial charge in [-0.1, -0.05) is 25.4 Å². The second-order valence-electron chi connectivity index (χ2n) is 4.72. The third-order valence-corrected chi connectivity index (χ3v) is 3.69. The van der Waals surface area contributed by atoms with Gasteiger partial charge in [0, 0.05) is 13.1 Å². The van der Waals surface area contributed by atoms with E-state index >= 15 is 0 Å². The van der Waals surface area contributed by atoms with E-state index in [2.05, 4.69) is 15.3 Å². The first-order valence-corrected chi connectivity index (χ1v) is 7.50. The smallest absolute Gasteiger partial charge is 0.283 e. The average molecular weight is 359 g/mol. The Morgan fingerprint density at radius 2 is 1.87 bits per heavy atom. The Balaban J connectivity index is 2.72. The average Bonchev–Trinajstić information content (AvgIpc) is 2.80. The van der Waals surface area contributed by atoms with Gasteiger partial charge in [0.15, 0.2) is 0 Å². The molecule has 0 atom stereocenters. The molecule has 23 heavy (non-hydrogen) atoms. The van der Waals surface area contributed by atoms with Gasteiger partial charge in [-0.2, -0.15) is 5.10 Å². The lowest BCUT2D eigenvalue weighted by molar-refractivity contribution is -0.122. The standard InChI is InChI=1S/C13H19ClF4N4O/c1-3-21(4-2)6-5-19-8(23)7-22-11(13(17)18)9(14)10(20-22)12(15)16/h12-13H,3-7H2,1-2H3,(H,19,23). The maximum absolute atomic E-state index is 12.9. The molecule has 1 heterocycles. The lowest BCUT2D eigenvalue weighted by Crippen LogP contribution is -2.36. The Morgan fingerprint density at radius 3 is 2.35 bits per heavy atom. The van der Waals surface area contributed by atoms with E-state index in [-0.39, 0.29) is 0 Å². The molecule has 0 unspecified atom stereocenters. The quantitative estimate of drug-likeness (QED) is 0.691. The predicted octanol–water partition coefficient (Wildman–Crippen LogP) is 2.87. The van der Waals surface area contributed by atoms with Crippen LogP contribution >= 0.6 is 11.6 Å². The van der Waals surface area contributed by atoms with E-state index in [9.17, 15) is 22.4 Å². The fourth-order valence-electron chi connectivity index (χ4n) is 2.03. The van der Waals surface area contributed by atoms with Gasteiger partial charge >= 0.3 is 0 Å². The zero-order chi connectivity index (χ0) is 17.6. The number of alkyl halides is 4. The molecule has 0 aliphatic heterocycles. The zero-order valence-electron chi connectivity index (χ0n) is 12.8. The molecule has 0 aliphatic carbocycles. The van der Waals surface area contributed by atoms with Crippen molar-refractivity contribution >= 4 is 17.5 Å². The van der Waals surface area contributed by atoms with Crippen LogP contribution < -0.4 is 5.32 Å². The van der Waals surface area contributed by atoms with Gasteiger partial charge in [-0.3, -0.25) is 9.48 Å². The van der Waals surface area contributed by atoms with Gasteiger partial charge in [-0.15, -0.1) is 0 Å². The lowest BCUT2D eigenvalue weighted by atomic mass is 10.3. The number of carbonyl (C=O) groups excluding carboxylic acids is 1. The molecule has 132 valence electrons. The number of carbonyl (C=O) groups is 1. The first kappa shape index (κ1) is 19.7. The first-order valence-electron chi connectivity index (χ1n) is 7.13. The van der Waals surface area contributed by atoms with E-state index in [1.54, 1.807) is 0 Å². The van der Waals surface area contributed by atoms with Crippen LogP contribution in [-0.2, 0) is 11.3 Å². The summed E-state index contributed by atoms with van der Waals surface area (Å²) in [5.74, 6) is -0.598. The summed E-state index contributed by atoms with van der Waals surface area (Å²) >= 11 is 5.50. The molecular weight excluding hydrogens is 340 g/mol. The van der Waals surface area contributed by atoms with Crippen molar-refractivity contribution in [2.24, 2.45) is 0 Å². The number of hydrogen-bond donors (Lipinski definition) is 1. The monoisotopic (exact) mass is 358 g/mol. The van der Waals surface area contributed by atoms with E-state index in [1.165, 1.54) is 0 Å². The summed E-state index contributed by atoms with van der Waals surface area (Å²) in [4.78, 5) is 13.8. The zero-order valence-corrected chi connectivity index (χ0v) is 13.6. The maximum atomic E-state index is 12.9. The highest BCUT2D eigenvalue weighted by atomic mass is 35.5. The van der Waals surface area contributed by atoms with Crippen molar-refractivity contribution < 1.29 is 22.4 Å². The first-order chi connectivity index (χ1) is 10.8. The van der Waals surface area contributed by atoms with E-state index < -0.39 is 41.7 Å². The Labute approximate surface area is 136 Å². The summed E-state index contributed by atoms with van der Waals surface area (Å²) in [5.41, 5.74) is -1.82. The van der Waals surface area contributed by atoms with Crippen molar-refractivity contribution in [3.8, 4) is 0 Å². The van der Waals surface area contributed by atoms with Crippen LogP contribution in [0.4, 0.5) is 17.6 Å². The molecule has 0 fully saturated rings. The molecule has 1 N–H and O–H groups in total. The minimum absolute atomic E-state index is 0.321. The second kappa shape index (κ2) is 9.07. The minimum atomic E-state index is -3.11. The fraction of sp³-hybridized carbons (Fsp3) is 0.692. The molecule has 10 heteroatoms. The number of nitrogens with one attached hydrogen (secondary N) is 1. The van der Waals surface area contributed by atoms with Crippen LogP contribution in [0.3, 0.4) is 0 Å². The summed E-state index contributed by atoms with van der Waals surface area (Å²) in [6.07, 6.45) is -6.20. The summed E-state index contributed by atoms with van der Waals surface area (Å²) in [6, 6.07) is 0. The van der Waals surface area contributed by atoms with E-state index in [4.69, 9.17) is 11.6 Å². The summed E-state index contributed by atoms with van der Waals surface area (Å²) < 4.78 is 51.8. The molecule has 0 saturated carbocycles. The number of rotatable bonds is 9. The predicted molar refractivity (Wildman–Crippen MR) is 77.9 cm³/mol. The van der Waals surface area contributed by atoms with Crippen LogP contribution in [0.2, 0.25) is 5.02 Å². The summed E-state index contributed by atoms with van der Waals surface area (Å²) in [5, 5.41) is 5.07. The molecule has 0 saturated heterocycles. The van der Waals surface area contributed by atoms with Gasteiger partial charge in [0.05, 0.1) is 5.02 Å². The molecule has 0 aromatic carbocycles.